The van der Waals surface area contributed by atoms with Crippen LogP contribution in [0.15, 0.2) is 23.2 Å². The molecule has 1 amide bonds. The fourth-order valence-electron chi connectivity index (χ4n) is 1.17. The van der Waals surface area contributed by atoms with Gasteiger partial charge in [0.25, 0.3) is 0 Å². The predicted octanol–water partition coefficient (Wildman–Crippen LogP) is 2.44. The molecule has 0 aromatic heterocycles. The van der Waals surface area contributed by atoms with Crippen molar-refractivity contribution >= 4 is 17.9 Å². The van der Waals surface area contributed by atoms with E-state index in [1.54, 1.807) is 7.05 Å². The van der Waals surface area contributed by atoms with Crippen LogP contribution in [0.1, 0.15) is 18.1 Å². The molecule has 3 nitrogen and oxygen atoms in total. The highest BCUT2D eigenvalue weighted by Gasteiger charge is 2.01. The number of carbonyl (C=O) groups is 1. The lowest BCUT2D eigenvalue weighted by Crippen LogP contribution is -2.21. The number of nitrogens with zero attached hydrogens (tertiary/aromatic N) is 2. The first kappa shape index (κ1) is 11.4. The Bertz CT molecular complexity index is 397. The van der Waals surface area contributed by atoms with Crippen molar-refractivity contribution in [1.29, 1.82) is 0 Å². The van der Waals surface area contributed by atoms with E-state index in [0.717, 1.165) is 17.7 Å². The van der Waals surface area contributed by atoms with Gasteiger partial charge in [-0.05, 0) is 38.0 Å². The third kappa shape index (κ3) is 2.91. The molecule has 0 saturated carbocycles. The van der Waals surface area contributed by atoms with Gasteiger partial charge in [0.2, 0.25) is 6.41 Å². The minimum absolute atomic E-state index is 0.693. The monoisotopic (exact) mass is 204 g/mol. The van der Waals surface area contributed by atoms with Crippen molar-refractivity contribution in [3.05, 3.63) is 29.3 Å². The maximum atomic E-state index is 10.5. The summed E-state index contributed by atoms with van der Waals surface area (Å²) in [6.07, 6.45) is 0.754. The van der Waals surface area contributed by atoms with Gasteiger partial charge in [0.1, 0.15) is 5.84 Å². The second kappa shape index (κ2) is 4.73. The summed E-state index contributed by atoms with van der Waals surface area (Å²) < 4.78 is 0. The average molecular weight is 204 g/mol. The number of rotatable bonds is 2. The number of amidine groups is 1. The third-order valence-electron chi connectivity index (χ3n) is 2.32. The Morgan fingerprint density at radius 1 is 1.40 bits per heavy atom. The van der Waals surface area contributed by atoms with Crippen molar-refractivity contribution in [3.8, 4) is 0 Å². The van der Waals surface area contributed by atoms with E-state index in [1.165, 1.54) is 10.5 Å². The smallest absolute Gasteiger partial charge is 0.214 e. The first-order valence-electron chi connectivity index (χ1n) is 4.85. The van der Waals surface area contributed by atoms with Gasteiger partial charge in [-0.3, -0.25) is 4.79 Å². The summed E-state index contributed by atoms with van der Waals surface area (Å²) in [7, 11) is 1.69. The van der Waals surface area contributed by atoms with Gasteiger partial charge in [0.05, 0.1) is 5.69 Å². The maximum Gasteiger partial charge on any atom is 0.214 e. The quantitative estimate of drug-likeness (QED) is 0.414. The van der Waals surface area contributed by atoms with Crippen molar-refractivity contribution < 1.29 is 4.79 Å². The molecule has 0 bridgehead atoms. The Morgan fingerprint density at radius 3 is 2.67 bits per heavy atom. The van der Waals surface area contributed by atoms with E-state index < -0.39 is 0 Å². The van der Waals surface area contributed by atoms with Crippen molar-refractivity contribution in [2.75, 3.05) is 7.05 Å². The molecule has 80 valence electrons. The van der Waals surface area contributed by atoms with Crippen LogP contribution in [-0.2, 0) is 4.79 Å². The van der Waals surface area contributed by atoms with Crippen molar-refractivity contribution in [3.63, 3.8) is 0 Å². The van der Waals surface area contributed by atoms with Gasteiger partial charge in [-0.25, -0.2) is 4.99 Å². The molecule has 0 atom stereocenters. The Hall–Kier alpha value is -1.64. The number of benzene rings is 1. The van der Waals surface area contributed by atoms with Crippen LogP contribution in [0.4, 0.5) is 5.69 Å². The molecular weight excluding hydrogens is 188 g/mol. The minimum Gasteiger partial charge on any atom is -0.306 e. The summed E-state index contributed by atoms with van der Waals surface area (Å²) in [6.45, 7) is 5.85. The molecule has 0 fully saturated rings. The van der Waals surface area contributed by atoms with E-state index in [-0.39, 0.29) is 0 Å². The summed E-state index contributed by atoms with van der Waals surface area (Å²) in [5.41, 5.74) is 3.20. The fourth-order valence-corrected chi connectivity index (χ4v) is 1.17. The van der Waals surface area contributed by atoms with E-state index in [1.807, 2.05) is 39.0 Å². The van der Waals surface area contributed by atoms with E-state index in [4.69, 9.17) is 0 Å². The Labute approximate surface area is 90.4 Å². The first-order chi connectivity index (χ1) is 7.04. The van der Waals surface area contributed by atoms with Gasteiger partial charge in [0.15, 0.2) is 0 Å². The van der Waals surface area contributed by atoms with E-state index >= 15 is 0 Å². The molecular formula is C12H16N2O. The zero-order valence-electron chi connectivity index (χ0n) is 9.61. The van der Waals surface area contributed by atoms with Gasteiger partial charge < -0.3 is 4.90 Å². The number of hydrogen-bond acceptors (Lipinski definition) is 2. The average Bonchev–Trinajstić information content (AvgIpc) is 2.22. The number of aliphatic imine (C=N–C) groups is 1. The SMILES string of the molecule is CC(=Nc1cc(C)ccc1C)N(C)C=O. The fraction of sp³-hybridized carbons (Fsp3) is 0.333. The van der Waals surface area contributed by atoms with Crippen LogP contribution in [0.25, 0.3) is 0 Å². The van der Waals surface area contributed by atoms with E-state index in [9.17, 15) is 4.79 Å². The number of carbonyl (C=O) groups excluding carboxylic acids is 1. The lowest BCUT2D eigenvalue weighted by Gasteiger charge is -2.10. The summed E-state index contributed by atoms with van der Waals surface area (Å²) in [4.78, 5) is 16.4. The number of aryl methyl sites for hydroxylation is 2. The second-order valence-corrected chi connectivity index (χ2v) is 3.67. The lowest BCUT2D eigenvalue weighted by atomic mass is 10.1. The van der Waals surface area contributed by atoms with Gasteiger partial charge in [-0.1, -0.05) is 12.1 Å². The second-order valence-electron chi connectivity index (χ2n) is 3.67. The lowest BCUT2D eigenvalue weighted by molar-refractivity contribution is -0.114. The van der Waals surface area contributed by atoms with Gasteiger partial charge in [0, 0.05) is 7.05 Å². The summed E-state index contributed by atoms with van der Waals surface area (Å²) in [5, 5.41) is 0. The normalized spacial score (nSPS) is 11.3. The van der Waals surface area contributed by atoms with Crippen LogP contribution in [0, 0.1) is 13.8 Å². The summed E-state index contributed by atoms with van der Waals surface area (Å²) in [5.74, 6) is 0.693. The standard InChI is InChI=1S/C12H16N2O/c1-9-5-6-10(2)12(7-9)13-11(3)14(4)8-15/h5-8H,1-4H3. The molecule has 0 heterocycles. The predicted molar refractivity (Wildman–Crippen MR) is 62.5 cm³/mol. The van der Waals surface area contributed by atoms with Crippen LogP contribution in [0.2, 0.25) is 0 Å². The maximum absolute atomic E-state index is 10.5. The zero-order valence-corrected chi connectivity index (χ0v) is 9.61. The van der Waals surface area contributed by atoms with Crippen molar-refractivity contribution in [1.82, 2.24) is 4.90 Å². The molecule has 0 aliphatic heterocycles. The summed E-state index contributed by atoms with van der Waals surface area (Å²) >= 11 is 0. The molecule has 0 saturated heterocycles. The molecule has 3 heteroatoms. The molecule has 15 heavy (non-hydrogen) atoms. The molecule has 1 aromatic carbocycles. The van der Waals surface area contributed by atoms with Gasteiger partial charge >= 0.3 is 0 Å². The van der Waals surface area contributed by atoms with Crippen molar-refractivity contribution in [2.45, 2.75) is 20.8 Å². The van der Waals surface area contributed by atoms with E-state index in [0.29, 0.717) is 5.84 Å². The molecule has 0 N–H and O–H groups in total. The topological polar surface area (TPSA) is 32.7 Å². The van der Waals surface area contributed by atoms with Crippen LogP contribution < -0.4 is 0 Å². The highest BCUT2D eigenvalue weighted by atomic mass is 16.1. The highest BCUT2D eigenvalue weighted by molar-refractivity contribution is 5.90. The number of hydrogen-bond donors (Lipinski definition) is 0. The molecule has 0 aliphatic carbocycles. The van der Waals surface area contributed by atoms with E-state index in [2.05, 4.69) is 4.99 Å². The third-order valence-corrected chi connectivity index (χ3v) is 2.32. The van der Waals surface area contributed by atoms with Crippen LogP contribution >= 0.6 is 0 Å². The van der Waals surface area contributed by atoms with Crippen LogP contribution in [-0.4, -0.2) is 24.2 Å². The van der Waals surface area contributed by atoms with Crippen LogP contribution in [0.5, 0.6) is 0 Å². The molecule has 0 aliphatic rings. The Kier molecular flexibility index (Phi) is 3.61. The van der Waals surface area contributed by atoms with Crippen molar-refractivity contribution in [2.24, 2.45) is 4.99 Å². The largest absolute Gasteiger partial charge is 0.306 e. The molecule has 1 aromatic rings. The minimum atomic E-state index is 0.693. The molecule has 0 unspecified atom stereocenters. The van der Waals surface area contributed by atoms with Gasteiger partial charge in [-0.2, -0.15) is 0 Å². The summed E-state index contributed by atoms with van der Waals surface area (Å²) in [6, 6.07) is 6.09. The molecule has 1 rings (SSSR count). The highest BCUT2D eigenvalue weighted by Crippen LogP contribution is 2.20. The van der Waals surface area contributed by atoms with Crippen LogP contribution in [0.3, 0.4) is 0 Å². The molecule has 0 radical (unpaired) electrons. The molecule has 0 spiro atoms. The Balaban J connectivity index is 3.06. The van der Waals surface area contributed by atoms with Gasteiger partial charge in [-0.15, -0.1) is 0 Å². The Morgan fingerprint density at radius 2 is 2.07 bits per heavy atom. The first-order valence-corrected chi connectivity index (χ1v) is 4.85. The zero-order chi connectivity index (χ0) is 11.4. The number of amides is 1.